The van der Waals surface area contributed by atoms with Crippen molar-refractivity contribution >= 4 is 39.9 Å². The van der Waals surface area contributed by atoms with Crippen molar-refractivity contribution in [1.29, 1.82) is 0 Å². The van der Waals surface area contributed by atoms with Crippen LogP contribution in [0.4, 0.5) is 5.13 Å². The largest absolute Gasteiger partial charge is 0.469 e. The van der Waals surface area contributed by atoms with Gasteiger partial charge in [0.1, 0.15) is 0 Å². The van der Waals surface area contributed by atoms with Crippen LogP contribution in [-0.2, 0) is 27.2 Å². The van der Waals surface area contributed by atoms with E-state index < -0.39 is 0 Å². The number of carbonyl (C=O) groups excluding carboxylic acids is 2. The van der Waals surface area contributed by atoms with E-state index in [1.54, 1.807) is 17.5 Å². The zero-order valence-corrected chi connectivity index (χ0v) is 12.8. The second-order valence-corrected chi connectivity index (χ2v) is 5.48. The summed E-state index contributed by atoms with van der Waals surface area (Å²) in [5.74, 6) is -0.573. The summed E-state index contributed by atoms with van der Waals surface area (Å²) in [5, 5.41) is 5.40. The van der Waals surface area contributed by atoms with Gasteiger partial charge in [-0.2, -0.15) is 0 Å². The van der Waals surface area contributed by atoms with Crippen molar-refractivity contribution in [2.45, 2.75) is 12.8 Å². The van der Waals surface area contributed by atoms with Crippen LogP contribution >= 0.6 is 22.9 Å². The summed E-state index contributed by atoms with van der Waals surface area (Å²) in [6, 6.07) is 7.17. The molecule has 0 fully saturated rings. The highest BCUT2D eigenvalue weighted by atomic mass is 35.5. The molecule has 110 valence electrons. The number of aromatic nitrogens is 1. The van der Waals surface area contributed by atoms with Crippen LogP contribution in [0, 0.1) is 0 Å². The highest BCUT2D eigenvalue weighted by Gasteiger charge is 2.11. The number of rotatable bonds is 5. The second kappa shape index (κ2) is 7.19. The zero-order valence-electron chi connectivity index (χ0n) is 11.3. The highest BCUT2D eigenvalue weighted by molar-refractivity contribution is 7.13. The molecule has 0 bridgehead atoms. The van der Waals surface area contributed by atoms with E-state index in [0.29, 0.717) is 15.8 Å². The lowest BCUT2D eigenvalue weighted by Gasteiger charge is -2.03. The standard InChI is InChI=1S/C14H13ClN2O3S/c1-20-13(19)7-10-8-21-14(16-10)17-12(18)6-9-4-2-3-5-11(9)15/h2-5,8H,6-7H2,1H3,(H,16,17,18). The van der Waals surface area contributed by atoms with E-state index in [-0.39, 0.29) is 24.7 Å². The van der Waals surface area contributed by atoms with E-state index in [2.05, 4.69) is 15.0 Å². The molecule has 2 rings (SSSR count). The molecule has 0 aliphatic heterocycles. The SMILES string of the molecule is COC(=O)Cc1csc(NC(=O)Cc2ccccc2Cl)n1. The van der Waals surface area contributed by atoms with Crippen LogP contribution in [0.25, 0.3) is 0 Å². The summed E-state index contributed by atoms with van der Waals surface area (Å²) in [7, 11) is 1.32. The minimum Gasteiger partial charge on any atom is -0.469 e. The number of nitrogens with zero attached hydrogens (tertiary/aromatic N) is 1. The number of carbonyl (C=O) groups is 2. The Hall–Kier alpha value is -1.92. The number of benzene rings is 1. The topological polar surface area (TPSA) is 68.3 Å². The van der Waals surface area contributed by atoms with Crippen LogP contribution < -0.4 is 5.32 Å². The molecule has 7 heteroatoms. The summed E-state index contributed by atoms with van der Waals surface area (Å²) >= 11 is 7.27. The molecule has 0 atom stereocenters. The first kappa shape index (κ1) is 15.5. The van der Waals surface area contributed by atoms with E-state index in [1.807, 2.05) is 12.1 Å². The van der Waals surface area contributed by atoms with Gasteiger partial charge in [-0.1, -0.05) is 29.8 Å². The monoisotopic (exact) mass is 324 g/mol. The molecule has 0 aliphatic rings. The number of hydrogen-bond donors (Lipinski definition) is 1. The van der Waals surface area contributed by atoms with Gasteiger partial charge in [0.05, 0.1) is 25.6 Å². The van der Waals surface area contributed by atoms with Crippen molar-refractivity contribution in [2.24, 2.45) is 0 Å². The smallest absolute Gasteiger partial charge is 0.311 e. The van der Waals surface area contributed by atoms with Crippen molar-refractivity contribution in [3.63, 3.8) is 0 Å². The summed E-state index contributed by atoms with van der Waals surface area (Å²) in [6.45, 7) is 0. The third-order valence-corrected chi connectivity index (χ3v) is 3.84. The average molecular weight is 325 g/mol. The normalized spacial score (nSPS) is 10.2. The Kier molecular flexibility index (Phi) is 5.30. The minimum atomic E-state index is -0.366. The van der Waals surface area contributed by atoms with Crippen molar-refractivity contribution in [3.8, 4) is 0 Å². The van der Waals surface area contributed by atoms with Gasteiger partial charge in [0.15, 0.2) is 5.13 Å². The molecule has 1 aromatic carbocycles. The maximum atomic E-state index is 11.9. The predicted octanol–water partition coefficient (Wildman–Crippen LogP) is 2.69. The van der Waals surface area contributed by atoms with Crippen molar-refractivity contribution in [1.82, 2.24) is 4.98 Å². The van der Waals surface area contributed by atoms with Crippen LogP contribution in [-0.4, -0.2) is 24.0 Å². The number of thiazole rings is 1. The molecule has 1 N–H and O–H groups in total. The van der Waals surface area contributed by atoms with Gasteiger partial charge in [0, 0.05) is 10.4 Å². The summed E-state index contributed by atoms with van der Waals surface area (Å²) in [5.41, 5.74) is 1.32. The molecule has 1 amide bonds. The van der Waals surface area contributed by atoms with E-state index >= 15 is 0 Å². The van der Waals surface area contributed by atoms with Crippen LogP contribution in [0.1, 0.15) is 11.3 Å². The predicted molar refractivity (Wildman–Crippen MR) is 81.6 cm³/mol. The third-order valence-electron chi connectivity index (χ3n) is 2.66. The average Bonchev–Trinajstić information content (AvgIpc) is 2.88. The highest BCUT2D eigenvalue weighted by Crippen LogP contribution is 2.18. The molecule has 0 unspecified atom stereocenters. The van der Waals surface area contributed by atoms with Crippen LogP contribution in [0.15, 0.2) is 29.6 Å². The molecular formula is C14H13ClN2O3S. The maximum Gasteiger partial charge on any atom is 0.311 e. The number of methoxy groups -OCH3 is 1. The molecule has 2 aromatic rings. The zero-order chi connectivity index (χ0) is 15.2. The molecule has 0 aliphatic carbocycles. The van der Waals surface area contributed by atoms with E-state index in [4.69, 9.17) is 11.6 Å². The number of halogens is 1. The first-order valence-corrected chi connectivity index (χ1v) is 7.38. The van der Waals surface area contributed by atoms with E-state index in [9.17, 15) is 9.59 Å². The lowest BCUT2D eigenvalue weighted by molar-refractivity contribution is -0.139. The Morgan fingerprint density at radius 1 is 1.33 bits per heavy atom. The number of esters is 1. The minimum absolute atomic E-state index is 0.0907. The molecule has 1 heterocycles. The molecular weight excluding hydrogens is 312 g/mol. The summed E-state index contributed by atoms with van der Waals surface area (Å²) < 4.78 is 4.56. The number of ether oxygens (including phenoxy) is 1. The quantitative estimate of drug-likeness (QED) is 0.859. The van der Waals surface area contributed by atoms with Crippen molar-refractivity contribution < 1.29 is 14.3 Å². The van der Waals surface area contributed by atoms with E-state index in [1.165, 1.54) is 18.4 Å². The number of amides is 1. The van der Waals surface area contributed by atoms with Crippen molar-refractivity contribution in [2.75, 3.05) is 12.4 Å². The number of nitrogens with one attached hydrogen (secondary N) is 1. The van der Waals surface area contributed by atoms with Gasteiger partial charge >= 0.3 is 5.97 Å². The molecule has 1 aromatic heterocycles. The summed E-state index contributed by atoms with van der Waals surface area (Å²) in [6.07, 6.45) is 0.263. The molecule has 0 spiro atoms. The maximum absolute atomic E-state index is 11.9. The number of anilines is 1. The molecule has 0 radical (unpaired) electrons. The third kappa shape index (κ3) is 4.54. The number of hydrogen-bond acceptors (Lipinski definition) is 5. The van der Waals surface area contributed by atoms with Gasteiger partial charge < -0.3 is 10.1 Å². The molecule has 5 nitrogen and oxygen atoms in total. The fourth-order valence-electron chi connectivity index (χ4n) is 1.64. The fourth-order valence-corrected chi connectivity index (χ4v) is 2.57. The fraction of sp³-hybridized carbons (Fsp3) is 0.214. The van der Waals surface area contributed by atoms with Gasteiger partial charge in [-0.3, -0.25) is 9.59 Å². The van der Waals surface area contributed by atoms with Crippen LogP contribution in [0.5, 0.6) is 0 Å². The van der Waals surface area contributed by atoms with Gasteiger partial charge in [0.2, 0.25) is 5.91 Å². The van der Waals surface area contributed by atoms with Crippen LogP contribution in [0.2, 0.25) is 5.02 Å². The first-order valence-electron chi connectivity index (χ1n) is 6.13. The van der Waals surface area contributed by atoms with Crippen LogP contribution in [0.3, 0.4) is 0 Å². The summed E-state index contributed by atoms with van der Waals surface area (Å²) in [4.78, 5) is 27.2. The molecule has 0 saturated heterocycles. The van der Waals surface area contributed by atoms with E-state index in [0.717, 1.165) is 5.56 Å². The Morgan fingerprint density at radius 3 is 2.81 bits per heavy atom. The lowest BCUT2D eigenvalue weighted by atomic mass is 10.1. The molecule has 21 heavy (non-hydrogen) atoms. The first-order chi connectivity index (χ1) is 10.1. The van der Waals surface area contributed by atoms with Gasteiger partial charge in [-0.05, 0) is 11.6 Å². The Balaban J connectivity index is 1.94. The van der Waals surface area contributed by atoms with Gasteiger partial charge in [-0.15, -0.1) is 11.3 Å². The Labute approximate surface area is 130 Å². The Bertz CT molecular complexity index is 657. The van der Waals surface area contributed by atoms with Gasteiger partial charge in [0.25, 0.3) is 0 Å². The van der Waals surface area contributed by atoms with Gasteiger partial charge in [-0.25, -0.2) is 4.98 Å². The second-order valence-electron chi connectivity index (χ2n) is 4.21. The van der Waals surface area contributed by atoms with Crippen molar-refractivity contribution in [3.05, 3.63) is 45.9 Å². The Morgan fingerprint density at radius 2 is 2.10 bits per heavy atom. The molecule has 0 saturated carbocycles. The lowest BCUT2D eigenvalue weighted by Crippen LogP contribution is -2.14.